The number of hydrogen-bond acceptors (Lipinski definition) is 4. The number of piperazine rings is 1. The Labute approximate surface area is 142 Å². The lowest BCUT2D eigenvalue weighted by Crippen LogP contribution is -2.47. The Kier molecular flexibility index (Phi) is 3.63. The van der Waals surface area contributed by atoms with E-state index < -0.39 is 0 Å². The molecule has 3 heterocycles. The average molecular weight is 321 g/mol. The molecule has 1 saturated heterocycles. The topological polar surface area (TPSA) is 37.2 Å². The van der Waals surface area contributed by atoms with E-state index in [0.717, 1.165) is 43.0 Å². The first-order valence-corrected chi connectivity index (χ1v) is 8.47. The molecule has 1 fully saturated rings. The lowest BCUT2D eigenvalue weighted by Gasteiger charge is -2.37. The molecule has 4 rings (SSSR count). The number of aromatic nitrogens is 3. The summed E-state index contributed by atoms with van der Waals surface area (Å²) in [5, 5.41) is 1.14. The molecule has 0 saturated carbocycles. The normalized spacial score (nSPS) is 15.3. The van der Waals surface area contributed by atoms with Crippen molar-refractivity contribution in [1.82, 2.24) is 14.5 Å². The summed E-state index contributed by atoms with van der Waals surface area (Å²) in [4.78, 5) is 13.8. The minimum absolute atomic E-state index is 0.981. The van der Waals surface area contributed by atoms with E-state index in [9.17, 15) is 0 Å². The van der Waals surface area contributed by atoms with E-state index in [2.05, 4.69) is 64.1 Å². The van der Waals surface area contributed by atoms with E-state index in [-0.39, 0.29) is 0 Å². The molecule has 0 aliphatic carbocycles. The first-order valence-electron chi connectivity index (χ1n) is 8.47. The van der Waals surface area contributed by atoms with Gasteiger partial charge >= 0.3 is 0 Å². The van der Waals surface area contributed by atoms with Crippen LogP contribution in [0, 0.1) is 13.8 Å². The van der Waals surface area contributed by atoms with Gasteiger partial charge in [-0.1, -0.05) is 12.1 Å². The standard InChI is InChI=1S/C19H23N5/c1-14-5-4-6-17(15(14)2)23-9-11-24(12-10-23)19-16-7-8-22(3)18(16)20-13-21-19/h4-8,13H,9-12H2,1-3H3. The van der Waals surface area contributed by atoms with E-state index in [1.807, 2.05) is 11.6 Å². The first-order chi connectivity index (χ1) is 11.6. The fraction of sp³-hybridized carbons (Fsp3) is 0.368. The van der Waals surface area contributed by atoms with E-state index in [1.165, 1.54) is 16.8 Å². The molecule has 124 valence electrons. The Morgan fingerprint density at radius 1 is 0.917 bits per heavy atom. The zero-order valence-electron chi connectivity index (χ0n) is 14.5. The van der Waals surface area contributed by atoms with Crippen molar-refractivity contribution in [2.75, 3.05) is 36.0 Å². The van der Waals surface area contributed by atoms with Crippen molar-refractivity contribution in [2.24, 2.45) is 7.05 Å². The molecular weight excluding hydrogens is 298 g/mol. The molecule has 1 aliphatic heterocycles. The van der Waals surface area contributed by atoms with Crippen LogP contribution in [0.4, 0.5) is 11.5 Å². The van der Waals surface area contributed by atoms with Crippen LogP contribution in [0.3, 0.4) is 0 Å². The SMILES string of the molecule is Cc1cccc(N2CCN(c3ncnc4c3ccn4C)CC2)c1C. The number of nitrogens with zero attached hydrogens (tertiary/aromatic N) is 5. The molecular formula is C19H23N5. The number of fused-ring (bicyclic) bond motifs is 1. The van der Waals surface area contributed by atoms with Crippen molar-refractivity contribution >= 4 is 22.5 Å². The first kappa shape index (κ1) is 15.0. The van der Waals surface area contributed by atoms with Crippen molar-refractivity contribution in [1.29, 1.82) is 0 Å². The zero-order chi connectivity index (χ0) is 16.7. The average Bonchev–Trinajstić information content (AvgIpc) is 2.99. The minimum Gasteiger partial charge on any atom is -0.368 e. The van der Waals surface area contributed by atoms with Crippen LogP contribution < -0.4 is 9.80 Å². The second-order valence-electron chi connectivity index (χ2n) is 6.55. The fourth-order valence-corrected chi connectivity index (χ4v) is 3.55. The lowest BCUT2D eigenvalue weighted by atomic mass is 10.1. The Morgan fingerprint density at radius 3 is 2.46 bits per heavy atom. The van der Waals surface area contributed by atoms with Crippen LogP contribution in [-0.4, -0.2) is 40.7 Å². The van der Waals surface area contributed by atoms with E-state index >= 15 is 0 Å². The molecule has 0 N–H and O–H groups in total. The van der Waals surface area contributed by atoms with Gasteiger partial charge in [-0.2, -0.15) is 0 Å². The second-order valence-corrected chi connectivity index (χ2v) is 6.55. The van der Waals surface area contributed by atoms with E-state index in [4.69, 9.17) is 0 Å². The summed E-state index contributed by atoms with van der Waals surface area (Å²) >= 11 is 0. The third-order valence-electron chi connectivity index (χ3n) is 5.14. The van der Waals surface area contributed by atoms with Crippen molar-refractivity contribution in [3.63, 3.8) is 0 Å². The summed E-state index contributed by atoms with van der Waals surface area (Å²) in [6, 6.07) is 8.68. The monoisotopic (exact) mass is 321 g/mol. The molecule has 0 unspecified atom stereocenters. The van der Waals surface area contributed by atoms with Gasteiger partial charge in [0.1, 0.15) is 17.8 Å². The van der Waals surface area contributed by atoms with Crippen molar-refractivity contribution in [2.45, 2.75) is 13.8 Å². The number of benzene rings is 1. The van der Waals surface area contributed by atoms with Crippen LogP contribution in [0.15, 0.2) is 36.8 Å². The molecule has 0 radical (unpaired) electrons. The maximum absolute atomic E-state index is 4.56. The quantitative estimate of drug-likeness (QED) is 0.727. The molecule has 0 amide bonds. The Balaban J connectivity index is 1.56. The molecule has 0 bridgehead atoms. The van der Waals surface area contributed by atoms with Crippen molar-refractivity contribution < 1.29 is 0 Å². The van der Waals surface area contributed by atoms with Gasteiger partial charge < -0.3 is 14.4 Å². The minimum atomic E-state index is 0.981. The molecule has 24 heavy (non-hydrogen) atoms. The molecule has 5 heteroatoms. The van der Waals surface area contributed by atoms with E-state index in [1.54, 1.807) is 6.33 Å². The summed E-state index contributed by atoms with van der Waals surface area (Å²) in [5.41, 5.74) is 5.11. The van der Waals surface area contributed by atoms with Gasteiger partial charge in [-0.15, -0.1) is 0 Å². The van der Waals surface area contributed by atoms with Gasteiger partial charge in [0, 0.05) is 45.1 Å². The van der Waals surface area contributed by atoms with Gasteiger partial charge in [-0.25, -0.2) is 9.97 Å². The van der Waals surface area contributed by atoms with Gasteiger partial charge in [0.25, 0.3) is 0 Å². The van der Waals surface area contributed by atoms with Crippen LogP contribution in [0.2, 0.25) is 0 Å². The maximum atomic E-state index is 4.56. The fourth-order valence-electron chi connectivity index (χ4n) is 3.55. The van der Waals surface area contributed by atoms with Crippen LogP contribution in [-0.2, 0) is 7.05 Å². The largest absolute Gasteiger partial charge is 0.368 e. The molecule has 0 spiro atoms. The predicted octanol–water partition coefficient (Wildman–Crippen LogP) is 2.91. The van der Waals surface area contributed by atoms with Crippen LogP contribution in [0.1, 0.15) is 11.1 Å². The Bertz CT molecular complexity index is 875. The smallest absolute Gasteiger partial charge is 0.145 e. The van der Waals surface area contributed by atoms with Gasteiger partial charge in [0.2, 0.25) is 0 Å². The van der Waals surface area contributed by atoms with Gasteiger partial charge in [-0.3, -0.25) is 0 Å². The molecule has 2 aromatic heterocycles. The van der Waals surface area contributed by atoms with Gasteiger partial charge in [0.05, 0.1) is 5.39 Å². The third kappa shape index (κ3) is 2.40. The summed E-state index contributed by atoms with van der Waals surface area (Å²) in [5.74, 6) is 1.06. The molecule has 0 atom stereocenters. The number of anilines is 2. The lowest BCUT2D eigenvalue weighted by molar-refractivity contribution is 0.647. The molecule has 1 aliphatic rings. The summed E-state index contributed by atoms with van der Waals surface area (Å²) in [7, 11) is 2.03. The molecule has 3 aromatic rings. The number of aryl methyl sites for hydroxylation is 2. The highest BCUT2D eigenvalue weighted by molar-refractivity contribution is 5.88. The maximum Gasteiger partial charge on any atom is 0.145 e. The van der Waals surface area contributed by atoms with Crippen molar-refractivity contribution in [3.05, 3.63) is 47.9 Å². The van der Waals surface area contributed by atoms with Crippen LogP contribution in [0.25, 0.3) is 11.0 Å². The summed E-state index contributed by atoms with van der Waals surface area (Å²) in [6.45, 7) is 8.39. The highest BCUT2D eigenvalue weighted by Gasteiger charge is 2.21. The van der Waals surface area contributed by atoms with Crippen molar-refractivity contribution in [3.8, 4) is 0 Å². The Morgan fingerprint density at radius 2 is 1.67 bits per heavy atom. The summed E-state index contributed by atoms with van der Waals surface area (Å²) in [6.07, 6.45) is 3.73. The van der Waals surface area contributed by atoms with Gasteiger partial charge in [0.15, 0.2) is 0 Å². The van der Waals surface area contributed by atoms with Gasteiger partial charge in [-0.05, 0) is 37.1 Å². The van der Waals surface area contributed by atoms with E-state index in [0.29, 0.717) is 0 Å². The van der Waals surface area contributed by atoms with Crippen LogP contribution >= 0.6 is 0 Å². The predicted molar refractivity (Wildman–Crippen MR) is 98.9 cm³/mol. The second kappa shape index (κ2) is 5.82. The highest BCUT2D eigenvalue weighted by Crippen LogP contribution is 2.27. The summed E-state index contributed by atoms with van der Waals surface area (Å²) < 4.78 is 2.05. The van der Waals surface area contributed by atoms with Crippen LogP contribution in [0.5, 0.6) is 0 Å². The number of hydrogen-bond donors (Lipinski definition) is 0. The third-order valence-corrected chi connectivity index (χ3v) is 5.14. The molecule has 1 aromatic carbocycles. The number of rotatable bonds is 2. The highest BCUT2D eigenvalue weighted by atomic mass is 15.3. The molecule has 5 nitrogen and oxygen atoms in total. The zero-order valence-corrected chi connectivity index (χ0v) is 14.5. The Hall–Kier alpha value is -2.56.